The van der Waals surface area contributed by atoms with Crippen molar-refractivity contribution in [2.75, 3.05) is 0 Å². The van der Waals surface area contributed by atoms with Gasteiger partial charge in [0.05, 0.1) is 21.3 Å². The number of fused-ring (bicyclic) bond motifs is 1. The highest BCUT2D eigenvalue weighted by Gasteiger charge is 2.37. The maximum atomic E-state index is 12.8. The number of halogens is 2. The summed E-state index contributed by atoms with van der Waals surface area (Å²) in [5, 5.41) is 17.0. The number of benzene rings is 1. The predicted molar refractivity (Wildman–Crippen MR) is 134 cm³/mol. The average molecular weight is 488 g/mol. The molecule has 4 rings (SSSR count). The monoisotopic (exact) mass is 487 g/mol. The number of aliphatic imine (C=N–C) groups is 1. The number of amides is 1. The number of hydrogen-bond donors (Lipinski definition) is 1. The molecule has 1 N–H and O–H groups in total. The van der Waals surface area contributed by atoms with Gasteiger partial charge >= 0.3 is 0 Å². The number of carbonyl (C=O) groups is 1. The molecule has 0 aliphatic carbocycles. The van der Waals surface area contributed by atoms with E-state index >= 15 is 0 Å². The Balaban J connectivity index is 1.74. The summed E-state index contributed by atoms with van der Waals surface area (Å²) in [6.45, 7) is 8.12. The van der Waals surface area contributed by atoms with Crippen molar-refractivity contribution in [3.63, 3.8) is 0 Å². The number of rotatable bonds is 5. The van der Waals surface area contributed by atoms with Gasteiger partial charge in [-0.15, -0.1) is 0 Å². The van der Waals surface area contributed by atoms with Gasteiger partial charge in [0, 0.05) is 17.3 Å². The topological polar surface area (TPSA) is 73.8 Å². The molecule has 9 heteroatoms. The first-order valence-electron chi connectivity index (χ1n) is 10.4. The van der Waals surface area contributed by atoms with Crippen LogP contribution in [0, 0.1) is 25.2 Å². The van der Waals surface area contributed by atoms with Gasteiger partial charge in [-0.05, 0) is 68.3 Å². The maximum Gasteiger partial charge on any atom is 0.283 e. The van der Waals surface area contributed by atoms with E-state index < -0.39 is 5.91 Å². The molecule has 2 aromatic rings. The maximum absolute atomic E-state index is 12.8. The normalized spacial score (nSPS) is 17.3. The highest BCUT2D eigenvalue weighted by atomic mass is 35.5. The zero-order valence-electron chi connectivity index (χ0n) is 18.2. The van der Waals surface area contributed by atoms with Crippen molar-refractivity contribution in [2.24, 2.45) is 16.0 Å². The number of aromatic nitrogens is 1. The third-order valence-electron chi connectivity index (χ3n) is 5.75. The second kappa shape index (κ2) is 8.89. The van der Waals surface area contributed by atoms with Crippen molar-refractivity contribution in [3.05, 3.63) is 56.8 Å². The highest BCUT2D eigenvalue weighted by Crippen LogP contribution is 2.35. The van der Waals surface area contributed by atoms with Crippen LogP contribution in [-0.2, 0) is 4.79 Å². The molecule has 0 atom stereocenters. The Labute approximate surface area is 201 Å². The molecule has 0 bridgehead atoms. The summed E-state index contributed by atoms with van der Waals surface area (Å²) in [6, 6.07) is 7.44. The van der Waals surface area contributed by atoms with Crippen molar-refractivity contribution in [1.29, 1.82) is 5.41 Å². The molecule has 1 amide bonds. The fourth-order valence-electron chi connectivity index (χ4n) is 3.93. The third-order valence-corrected chi connectivity index (χ3v) is 7.63. The first kappa shape index (κ1) is 22.8. The number of aryl methyl sites for hydroxylation is 1. The third kappa shape index (κ3) is 3.83. The minimum atomic E-state index is -0.430. The Bertz CT molecular complexity index is 1220. The van der Waals surface area contributed by atoms with Crippen molar-refractivity contribution >= 4 is 63.0 Å². The summed E-state index contributed by atoms with van der Waals surface area (Å²) in [4.78, 5) is 17.0. The van der Waals surface area contributed by atoms with Gasteiger partial charge < -0.3 is 4.57 Å². The Morgan fingerprint density at radius 3 is 2.62 bits per heavy atom. The minimum Gasteiger partial charge on any atom is -0.316 e. The lowest BCUT2D eigenvalue weighted by Crippen LogP contribution is -2.35. The Hall–Kier alpha value is -2.35. The van der Waals surface area contributed by atoms with E-state index in [2.05, 4.69) is 23.9 Å². The highest BCUT2D eigenvalue weighted by molar-refractivity contribution is 8.27. The molecule has 0 unspecified atom stereocenters. The molecule has 0 spiro atoms. The predicted octanol–water partition coefficient (Wildman–Crippen LogP) is 6.46. The quantitative estimate of drug-likeness (QED) is 0.491. The zero-order valence-corrected chi connectivity index (χ0v) is 20.6. The molecular weight excluding hydrogens is 465 g/mol. The van der Waals surface area contributed by atoms with Crippen LogP contribution >= 0.6 is 35.0 Å². The molecule has 1 aromatic heterocycles. The number of hydrazone groups is 1. The smallest absolute Gasteiger partial charge is 0.283 e. The van der Waals surface area contributed by atoms with Crippen molar-refractivity contribution in [2.45, 2.75) is 40.5 Å². The van der Waals surface area contributed by atoms with Crippen molar-refractivity contribution < 1.29 is 4.79 Å². The molecule has 6 nitrogen and oxygen atoms in total. The van der Waals surface area contributed by atoms with Gasteiger partial charge in [0.25, 0.3) is 5.91 Å². The van der Waals surface area contributed by atoms with E-state index in [0.717, 1.165) is 40.5 Å². The van der Waals surface area contributed by atoms with Crippen LogP contribution in [0.3, 0.4) is 0 Å². The number of thioether (sulfide) groups is 1. The Morgan fingerprint density at radius 1 is 1.22 bits per heavy atom. The van der Waals surface area contributed by atoms with Gasteiger partial charge in [0.2, 0.25) is 5.17 Å². The first-order chi connectivity index (χ1) is 15.3. The Kier molecular flexibility index (Phi) is 6.34. The van der Waals surface area contributed by atoms with Crippen LogP contribution in [0.15, 0.2) is 39.9 Å². The van der Waals surface area contributed by atoms with E-state index in [0.29, 0.717) is 21.1 Å². The number of carbonyl (C=O) groups excluding carboxylic acids is 1. The second-order valence-electron chi connectivity index (χ2n) is 7.71. The molecule has 2 aliphatic rings. The summed E-state index contributed by atoms with van der Waals surface area (Å²) in [5.74, 6) is -0.0932. The molecule has 0 radical (unpaired) electrons. The Morgan fingerprint density at radius 2 is 1.94 bits per heavy atom. The number of nitrogens with zero attached hydrogens (tertiary/aromatic N) is 4. The summed E-state index contributed by atoms with van der Waals surface area (Å²) >= 11 is 14.0. The molecule has 2 aliphatic heterocycles. The van der Waals surface area contributed by atoms with Crippen LogP contribution in [0.1, 0.15) is 43.6 Å². The molecular formula is C23H23Cl2N5OS. The summed E-state index contributed by atoms with van der Waals surface area (Å²) in [7, 11) is 0. The van der Waals surface area contributed by atoms with Crippen molar-refractivity contribution in [1.82, 2.24) is 9.58 Å². The van der Waals surface area contributed by atoms with Crippen LogP contribution in [-0.4, -0.2) is 31.5 Å². The molecule has 32 heavy (non-hydrogen) atoms. The lowest BCUT2D eigenvalue weighted by molar-refractivity contribution is -0.114. The van der Waals surface area contributed by atoms with Crippen LogP contribution in [0.5, 0.6) is 0 Å². The van der Waals surface area contributed by atoms with E-state index in [1.165, 1.54) is 16.8 Å². The van der Waals surface area contributed by atoms with E-state index in [-0.39, 0.29) is 11.4 Å². The molecule has 0 saturated carbocycles. The molecule has 0 saturated heterocycles. The largest absolute Gasteiger partial charge is 0.316 e. The molecule has 3 heterocycles. The minimum absolute atomic E-state index is 0.0408. The van der Waals surface area contributed by atoms with E-state index in [1.807, 2.05) is 36.6 Å². The van der Waals surface area contributed by atoms with E-state index in [9.17, 15) is 4.79 Å². The number of hydrogen-bond acceptors (Lipinski definition) is 4. The summed E-state index contributed by atoms with van der Waals surface area (Å²) in [5.41, 5.74) is 3.59. The zero-order chi connectivity index (χ0) is 23.2. The second-order valence-corrected chi connectivity index (χ2v) is 9.48. The van der Waals surface area contributed by atoms with Gasteiger partial charge in [0.1, 0.15) is 5.04 Å². The van der Waals surface area contributed by atoms with Gasteiger partial charge in [-0.1, -0.05) is 43.1 Å². The molecule has 0 fully saturated rings. The number of nitrogens with one attached hydrogen (secondary N) is 1. The molecule has 166 valence electrons. The van der Waals surface area contributed by atoms with E-state index in [1.54, 1.807) is 12.1 Å². The lowest BCUT2D eigenvalue weighted by Gasteiger charge is -2.20. The van der Waals surface area contributed by atoms with Crippen LogP contribution in [0.2, 0.25) is 10.0 Å². The van der Waals surface area contributed by atoms with Gasteiger partial charge in [-0.3, -0.25) is 10.2 Å². The van der Waals surface area contributed by atoms with Crippen LogP contribution < -0.4 is 0 Å². The SMILES string of the molecule is CCC(CC)C1=NN2C(=N)C(=Cc3cc(C)n(-c4cccc(Cl)c4Cl)c3C)C(=O)N=C2S1. The van der Waals surface area contributed by atoms with Crippen molar-refractivity contribution in [3.8, 4) is 5.69 Å². The first-order valence-corrected chi connectivity index (χ1v) is 12.0. The van der Waals surface area contributed by atoms with Gasteiger partial charge in [-0.25, -0.2) is 0 Å². The van der Waals surface area contributed by atoms with Gasteiger partial charge in [0.15, 0.2) is 5.84 Å². The summed E-state index contributed by atoms with van der Waals surface area (Å²) in [6.07, 6.45) is 3.61. The average Bonchev–Trinajstić information content (AvgIpc) is 3.29. The van der Waals surface area contributed by atoms with Crippen LogP contribution in [0.25, 0.3) is 11.8 Å². The fraction of sp³-hybridized carbons (Fsp3) is 0.304. The number of amidine groups is 2. The fourth-order valence-corrected chi connectivity index (χ4v) is 5.47. The van der Waals surface area contributed by atoms with Crippen LogP contribution in [0.4, 0.5) is 0 Å². The standard InChI is InChI=1S/C23H23Cl2N5OS/c1-5-14(6-2)22-28-30-20(26)16(21(31)27-23(30)32-22)11-15-10-12(3)29(13(15)4)18-9-7-8-17(24)19(18)25/h7-11,14,26H,5-6H2,1-4H3. The lowest BCUT2D eigenvalue weighted by atomic mass is 10.1. The van der Waals surface area contributed by atoms with E-state index in [4.69, 9.17) is 28.6 Å². The summed E-state index contributed by atoms with van der Waals surface area (Å²) < 4.78 is 1.99. The molecule has 1 aromatic carbocycles. The van der Waals surface area contributed by atoms with Gasteiger partial charge in [-0.2, -0.15) is 15.1 Å².